The van der Waals surface area contributed by atoms with E-state index in [0.29, 0.717) is 11.6 Å². The van der Waals surface area contributed by atoms with Crippen LogP contribution in [0.5, 0.6) is 0 Å². The summed E-state index contributed by atoms with van der Waals surface area (Å²) in [6, 6.07) is -0.179. The summed E-state index contributed by atoms with van der Waals surface area (Å²) in [7, 11) is 1.66. The van der Waals surface area contributed by atoms with Crippen molar-refractivity contribution in [1.82, 2.24) is 15.0 Å². The summed E-state index contributed by atoms with van der Waals surface area (Å²) in [5.74, 6) is 0.528. The second-order valence-corrected chi connectivity index (χ2v) is 5.78. The molecule has 2 N–H and O–H groups in total. The lowest BCUT2D eigenvalue weighted by Gasteiger charge is -2.13. The standard InChI is InChI=1S/C12H16N6O2S/c1-6-5-14-11(21-6)8(3)15-10-9(18(19)20)7(2)16-12(13-4)17-10/h5,8H,1-4H3,(H2,13,15,16,17). The number of rotatable bonds is 5. The number of nitrogens with one attached hydrogen (secondary N) is 2. The van der Waals surface area contributed by atoms with Crippen molar-refractivity contribution < 1.29 is 4.92 Å². The molecule has 0 spiro atoms. The highest BCUT2D eigenvalue weighted by atomic mass is 32.1. The monoisotopic (exact) mass is 308 g/mol. The summed E-state index contributed by atoms with van der Waals surface area (Å²) >= 11 is 1.54. The van der Waals surface area contributed by atoms with Crippen LogP contribution in [-0.2, 0) is 0 Å². The molecule has 0 radical (unpaired) electrons. The van der Waals surface area contributed by atoms with Crippen molar-refractivity contribution in [3.63, 3.8) is 0 Å². The Balaban J connectivity index is 2.37. The van der Waals surface area contributed by atoms with Gasteiger partial charge in [0.1, 0.15) is 10.7 Å². The maximum atomic E-state index is 11.2. The topological polar surface area (TPSA) is 106 Å². The molecule has 9 heteroatoms. The van der Waals surface area contributed by atoms with Crippen LogP contribution >= 0.6 is 11.3 Å². The highest BCUT2D eigenvalue weighted by molar-refractivity contribution is 7.11. The van der Waals surface area contributed by atoms with Crippen molar-refractivity contribution in [3.8, 4) is 0 Å². The Morgan fingerprint density at radius 2 is 2.10 bits per heavy atom. The van der Waals surface area contributed by atoms with Gasteiger partial charge >= 0.3 is 5.69 Å². The Morgan fingerprint density at radius 1 is 1.38 bits per heavy atom. The molecule has 0 aliphatic rings. The van der Waals surface area contributed by atoms with Crippen molar-refractivity contribution in [2.45, 2.75) is 26.8 Å². The van der Waals surface area contributed by atoms with Gasteiger partial charge in [-0.1, -0.05) is 0 Å². The van der Waals surface area contributed by atoms with Gasteiger partial charge in [0.05, 0.1) is 11.0 Å². The van der Waals surface area contributed by atoms with Gasteiger partial charge in [-0.15, -0.1) is 11.3 Å². The number of aryl methyl sites for hydroxylation is 2. The summed E-state index contributed by atoms with van der Waals surface area (Å²) in [4.78, 5) is 24.3. The Morgan fingerprint density at radius 3 is 2.62 bits per heavy atom. The molecular formula is C12H16N6O2S. The third kappa shape index (κ3) is 3.24. The SMILES string of the molecule is CNc1nc(C)c([N+](=O)[O-])c(NC(C)c2ncc(C)s2)n1. The number of nitro groups is 1. The van der Waals surface area contributed by atoms with E-state index in [1.807, 2.05) is 13.8 Å². The van der Waals surface area contributed by atoms with E-state index < -0.39 is 4.92 Å². The fraction of sp³-hybridized carbons (Fsp3) is 0.417. The van der Waals surface area contributed by atoms with E-state index in [9.17, 15) is 10.1 Å². The molecule has 0 aliphatic carbocycles. The number of anilines is 2. The molecule has 2 rings (SSSR count). The number of hydrogen-bond donors (Lipinski definition) is 2. The zero-order valence-electron chi connectivity index (χ0n) is 12.2. The normalized spacial score (nSPS) is 12.0. The molecule has 2 heterocycles. The quantitative estimate of drug-likeness (QED) is 0.646. The number of nitrogens with zero attached hydrogens (tertiary/aromatic N) is 4. The summed E-state index contributed by atoms with van der Waals surface area (Å²) in [5.41, 5.74) is 0.193. The van der Waals surface area contributed by atoms with Crippen molar-refractivity contribution in [1.29, 1.82) is 0 Å². The largest absolute Gasteiger partial charge is 0.357 e. The fourth-order valence-electron chi connectivity index (χ4n) is 1.84. The predicted molar refractivity (Wildman–Crippen MR) is 81.9 cm³/mol. The second kappa shape index (κ2) is 6.00. The lowest BCUT2D eigenvalue weighted by atomic mass is 10.3. The van der Waals surface area contributed by atoms with Crippen LogP contribution in [0.25, 0.3) is 0 Å². The maximum Gasteiger partial charge on any atom is 0.332 e. The van der Waals surface area contributed by atoms with Gasteiger partial charge in [0.25, 0.3) is 0 Å². The zero-order valence-corrected chi connectivity index (χ0v) is 13.0. The van der Waals surface area contributed by atoms with Crippen molar-refractivity contribution >= 4 is 28.8 Å². The molecule has 0 bridgehead atoms. The highest BCUT2D eigenvalue weighted by Crippen LogP contribution is 2.30. The minimum atomic E-state index is -0.475. The molecule has 1 unspecified atom stereocenters. The van der Waals surface area contributed by atoms with Crippen LogP contribution in [0.2, 0.25) is 0 Å². The predicted octanol–water partition coefficient (Wildman–Crippen LogP) is 2.67. The molecule has 0 saturated carbocycles. The van der Waals surface area contributed by atoms with E-state index in [-0.39, 0.29) is 17.5 Å². The van der Waals surface area contributed by atoms with E-state index in [1.54, 1.807) is 31.5 Å². The lowest BCUT2D eigenvalue weighted by Crippen LogP contribution is -2.12. The van der Waals surface area contributed by atoms with Crippen LogP contribution in [0, 0.1) is 24.0 Å². The van der Waals surface area contributed by atoms with Gasteiger partial charge in [-0.2, -0.15) is 4.98 Å². The Bertz CT molecular complexity index is 672. The van der Waals surface area contributed by atoms with E-state index in [2.05, 4.69) is 25.6 Å². The number of aromatic nitrogens is 3. The van der Waals surface area contributed by atoms with E-state index >= 15 is 0 Å². The third-order valence-electron chi connectivity index (χ3n) is 2.83. The summed E-state index contributed by atoms with van der Waals surface area (Å²) in [6.07, 6.45) is 1.77. The van der Waals surface area contributed by atoms with Crippen molar-refractivity contribution in [3.05, 3.63) is 31.9 Å². The molecule has 0 fully saturated rings. The molecule has 8 nitrogen and oxygen atoms in total. The Kier molecular flexibility index (Phi) is 4.32. The molecular weight excluding hydrogens is 292 g/mol. The minimum Gasteiger partial charge on any atom is -0.357 e. The van der Waals surface area contributed by atoms with Crippen molar-refractivity contribution in [2.24, 2.45) is 0 Å². The zero-order chi connectivity index (χ0) is 15.6. The molecule has 112 valence electrons. The smallest absolute Gasteiger partial charge is 0.332 e. The first kappa shape index (κ1) is 15.1. The third-order valence-corrected chi connectivity index (χ3v) is 3.92. The van der Waals surface area contributed by atoms with Gasteiger partial charge in [-0.05, 0) is 20.8 Å². The van der Waals surface area contributed by atoms with Crippen molar-refractivity contribution in [2.75, 3.05) is 17.7 Å². The Hall–Kier alpha value is -2.29. The molecule has 1 atom stereocenters. The molecule has 0 amide bonds. The molecule has 2 aromatic rings. The first-order chi connectivity index (χ1) is 9.92. The molecule has 0 aromatic carbocycles. The highest BCUT2D eigenvalue weighted by Gasteiger charge is 2.24. The fourth-order valence-corrected chi connectivity index (χ4v) is 2.61. The van der Waals surface area contributed by atoms with Crippen LogP contribution in [-0.4, -0.2) is 26.9 Å². The number of thiazole rings is 1. The van der Waals surface area contributed by atoms with Crippen LogP contribution in [0.3, 0.4) is 0 Å². The van der Waals surface area contributed by atoms with Crippen LogP contribution < -0.4 is 10.6 Å². The van der Waals surface area contributed by atoms with Crippen LogP contribution in [0.1, 0.15) is 28.5 Å². The van der Waals surface area contributed by atoms with Gasteiger partial charge in [-0.25, -0.2) is 9.97 Å². The van der Waals surface area contributed by atoms with E-state index in [1.165, 1.54) is 0 Å². The number of hydrogen-bond acceptors (Lipinski definition) is 8. The molecule has 2 aromatic heterocycles. The Labute approximate surface area is 125 Å². The van der Waals surface area contributed by atoms with Gasteiger partial charge in [-0.3, -0.25) is 10.1 Å². The minimum absolute atomic E-state index is 0.117. The first-order valence-corrected chi connectivity index (χ1v) is 7.13. The van der Waals surface area contributed by atoms with E-state index in [4.69, 9.17) is 0 Å². The second-order valence-electron chi connectivity index (χ2n) is 4.51. The maximum absolute atomic E-state index is 11.2. The molecule has 0 saturated heterocycles. The summed E-state index contributed by atoms with van der Waals surface area (Å²) in [5, 5.41) is 17.9. The van der Waals surface area contributed by atoms with Crippen LogP contribution in [0.4, 0.5) is 17.5 Å². The van der Waals surface area contributed by atoms with Gasteiger partial charge in [0.15, 0.2) is 0 Å². The summed E-state index contributed by atoms with van der Waals surface area (Å²) in [6.45, 7) is 5.44. The van der Waals surface area contributed by atoms with Gasteiger partial charge in [0.2, 0.25) is 11.8 Å². The molecule has 0 aliphatic heterocycles. The van der Waals surface area contributed by atoms with E-state index in [0.717, 1.165) is 9.88 Å². The average Bonchev–Trinajstić information content (AvgIpc) is 2.84. The lowest BCUT2D eigenvalue weighted by molar-refractivity contribution is -0.385. The van der Waals surface area contributed by atoms with Crippen LogP contribution in [0.15, 0.2) is 6.20 Å². The molecule has 21 heavy (non-hydrogen) atoms. The average molecular weight is 308 g/mol. The summed E-state index contributed by atoms with van der Waals surface area (Å²) < 4.78 is 0. The first-order valence-electron chi connectivity index (χ1n) is 6.32. The van der Waals surface area contributed by atoms with Gasteiger partial charge < -0.3 is 10.6 Å². The van der Waals surface area contributed by atoms with Gasteiger partial charge in [0, 0.05) is 18.1 Å².